The summed E-state index contributed by atoms with van der Waals surface area (Å²) >= 11 is 0. The number of hydrogen-bond donors (Lipinski definition) is 0. The summed E-state index contributed by atoms with van der Waals surface area (Å²) in [7, 11) is 0. The molecule has 140 valence electrons. The molecule has 0 spiro atoms. The largest absolute Gasteiger partial charge is 0.0996 e. The van der Waals surface area contributed by atoms with Crippen molar-refractivity contribution < 1.29 is 0 Å². The number of allylic oxidation sites excluding steroid dienone is 6. The minimum atomic E-state index is 0. The first kappa shape index (κ1) is 20.3. The fourth-order valence-corrected chi connectivity index (χ4v) is 5.74. The Morgan fingerprint density at radius 2 is 1.96 bits per heavy atom. The topological polar surface area (TPSA) is 0 Å². The Bertz CT molecular complexity index is 573. The first-order valence-electron chi connectivity index (χ1n) is 10.2. The lowest BCUT2D eigenvalue weighted by molar-refractivity contribution is 0.154. The molecule has 0 heterocycles. The monoisotopic (exact) mass is 340 g/mol. The minimum Gasteiger partial charge on any atom is -0.0996 e. The summed E-state index contributed by atoms with van der Waals surface area (Å²) < 4.78 is 0. The van der Waals surface area contributed by atoms with Gasteiger partial charge in [0.1, 0.15) is 0 Å². The van der Waals surface area contributed by atoms with E-state index in [1.54, 1.807) is 11.1 Å². The zero-order valence-electron chi connectivity index (χ0n) is 16.2. The number of fused-ring (bicyclic) bond motifs is 1. The maximum atomic E-state index is 4.41. The molecule has 3 rings (SSSR count). The Morgan fingerprint density at radius 3 is 2.64 bits per heavy atom. The average Bonchev–Trinajstić information content (AvgIpc) is 2.92. The zero-order valence-corrected chi connectivity index (χ0v) is 16.2. The smallest absolute Gasteiger partial charge is 0.0140 e. The molecule has 0 aliphatic heterocycles. The predicted octanol–water partition coefficient (Wildman–Crippen LogP) is 8.03. The van der Waals surface area contributed by atoms with E-state index in [4.69, 9.17) is 0 Å². The molecule has 0 radical (unpaired) electrons. The highest BCUT2D eigenvalue weighted by Crippen LogP contribution is 2.59. The van der Waals surface area contributed by atoms with Crippen LogP contribution >= 0.6 is 0 Å². The van der Waals surface area contributed by atoms with Gasteiger partial charge < -0.3 is 0 Å². The van der Waals surface area contributed by atoms with Crippen LogP contribution in [-0.4, -0.2) is 0 Å². The average molecular weight is 341 g/mol. The van der Waals surface area contributed by atoms with E-state index in [1.807, 2.05) is 0 Å². The molecule has 0 bridgehead atoms. The van der Waals surface area contributed by atoms with Crippen LogP contribution in [0.4, 0.5) is 0 Å². The van der Waals surface area contributed by atoms with Crippen LogP contribution in [-0.2, 0) is 0 Å². The summed E-state index contributed by atoms with van der Waals surface area (Å²) in [4.78, 5) is 0. The van der Waals surface area contributed by atoms with Crippen LogP contribution in [0.3, 0.4) is 0 Å². The van der Waals surface area contributed by atoms with Gasteiger partial charge in [0.2, 0.25) is 0 Å². The minimum absolute atomic E-state index is 0. The third-order valence-electron chi connectivity index (χ3n) is 7.48. The second-order valence-corrected chi connectivity index (χ2v) is 8.88. The van der Waals surface area contributed by atoms with E-state index in [1.165, 1.54) is 62.5 Å². The molecule has 0 heteroatoms. The van der Waals surface area contributed by atoms with E-state index in [0.29, 0.717) is 11.3 Å². The SMILES string of the molecule is C.C=C1CC/C(=C/C=C2\CCCC3(C)C(C(=C)CC)CCC23)CC1C. The highest BCUT2D eigenvalue weighted by atomic mass is 14.5. The molecule has 0 aromatic carbocycles. The predicted molar refractivity (Wildman–Crippen MR) is 113 cm³/mol. The van der Waals surface area contributed by atoms with Gasteiger partial charge in [-0.2, -0.15) is 0 Å². The van der Waals surface area contributed by atoms with E-state index >= 15 is 0 Å². The number of rotatable bonds is 3. The van der Waals surface area contributed by atoms with Crippen molar-refractivity contribution in [2.24, 2.45) is 23.2 Å². The molecule has 3 aliphatic rings. The van der Waals surface area contributed by atoms with Crippen LogP contribution in [0.2, 0.25) is 0 Å². The van der Waals surface area contributed by atoms with Gasteiger partial charge >= 0.3 is 0 Å². The van der Waals surface area contributed by atoms with Crippen molar-refractivity contribution in [3.63, 3.8) is 0 Å². The maximum Gasteiger partial charge on any atom is -0.0140 e. The van der Waals surface area contributed by atoms with Crippen molar-refractivity contribution in [2.45, 2.75) is 86.0 Å². The summed E-state index contributed by atoms with van der Waals surface area (Å²) in [5, 5.41) is 0. The lowest BCUT2D eigenvalue weighted by atomic mass is 9.62. The van der Waals surface area contributed by atoms with Crippen molar-refractivity contribution >= 4 is 0 Å². The van der Waals surface area contributed by atoms with Crippen molar-refractivity contribution in [1.29, 1.82) is 0 Å². The third-order valence-corrected chi connectivity index (χ3v) is 7.48. The molecular formula is C25H40. The van der Waals surface area contributed by atoms with Crippen LogP contribution in [0.15, 0.2) is 47.6 Å². The van der Waals surface area contributed by atoms with Gasteiger partial charge in [-0.1, -0.05) is 75.8 Å². The molecule has 0 nitrogen and oxygen atoms in total. The van der Waals surface area contributed by atoms with Crippen LogP contribution in [0.25, 0.3) is 0 Å². The van der Waals surface area contributed by atoms with Gasteiger partial charge in [-0.15, -0.1) is 0 Å². The van der Waals surface area contributed by atoms with Gasteiger partial charge in [0.05, 0.1) is 0 Å². The normalized spacial score (nSPS) is 38.5. The Morgan fingerprint density at radius 1 is 1.20 bits per heavy atom. The third kappa shape index (κ3) is 3.88. The zero-order chi connectivity index (χ0) is 17.3. The van der Waals surface area contributed by atoms with Gasteiger partial charge in [0.15, 0.2) is 0 Å². The van der Waals surface area contributed by atoms with Gasteiger partial charge in [-0.3, -0.25) is 0 Å². The highest BCUT2D eigenvalue weighted by molar-refractivity contribution is 5.28. The Hall–Kier alpha value is -1.04. The standard InChI is InChI=1S/C24H36.CH4/c1-6-17(2)22-13-14-23-21(8-7-15-24(22,23)5)12-11-20-10-9-18(3)19(4)16-20;/h11-12,19,22-23H,2-3,6-10,13-16H2,1,4-5H3;1H4/b20-11-,21-12+;. The summed E-state index contributed by atoms with van der Waals surface area (Å²) in [5.74, 6) is 2.22. The number of hydrogen-bond acceptors (Lipinski definition) is 0. The van der Waals surface area contributed by atoms with Gasteiger partial charge in [0, 0.05) is 0 Å². The van der Waals surface area contributed by atoms with Gasteiger partial charge in [-0.25, -0.2) is 0 Å². The van der Waals surface area contributed by atoms with Crippen LogP contribution < -0.4 is 0 Å². The first-order chi connectivity index (χ1) is 11.5. The van der Waals surface area contributed by atoms with E-state index in [2.05, 4.69) is 46.1 Å². The van der Waals surface area contributed by atoms with Crippen molar-refractivity contribution in [3.05, 3.63) is 47.6 Å². The second kappa shape index (κ2) is 8.11. The summed E-state index contributed by atoms with van der Waals surface area (Å²) in [6, 6.07) is 0. The van der Waals surface area contributed by atoms with Gasteiger partial charge in [0.25, 0.3) is 0 Å². The summed E-state index contributed by atoms with van der Waals surface area (Å²) in [6.07, 6.45) is 16.6. The molecule has 0 N–H and O–H groups in total. The molecule has 3 aliphatic carbocycles. The molecule has 0 aromatic rings. The molecule has 4 unspecified atom stereocenters. The molecule has 3 fully saturated rings. The van der Waals surface area contributed by atoms with E-state index in [9.17, 15) is 0 Å². The Labute approximate surface area is 157 Å². The van der Waals surface area contributed by atoms with E-state index < -0.39 is 0 Å². The van der Waals surface area contributed by atoms with Gasteiger partial charge in [-0.05, 0) is 81.0 Å². The van der Waals surface area contributed by atoms with Crippen LogP contribution in [0.1, 0.15) is 86.0 Å². The van der Waals surface area contributed by atoms with Crippen molar-refractivity contribution in [2.75, 3.05) is 0 Å². The molecule has 0 amide bonds. The van der Waals surface area contributed by atoms with E-state index in [-0.39, 0.29) is 7.43 Å². The van der Waals surface area contributed by atoms with Crippen LogP contribution in [0.5, 0.6) is 0 Å². The lowest BCUT2D eigenvalue weighted by Crippen LogP contribution is -2.33. The fourth-order valence-electron chi connectivity index (χ4n) is 5.74. The molecule has 0 saturated heterocycles. The second-order valence-electron chi connectivity index (χ2n) is 8.88. The Kier molecular flexibility index (Phi) is 6.57. The van der Waals surface area contributed by atoms with E-state index in [0.717, 1.165) is 18.3 Å². The Balaban J connectivity index is 0.00000225. The quantitative estimate of drug-likeness (QED) is 0.456. The molecular weight excluding hydrogens is 300 g/mol. The highest BCUT2D eigenvalue weighted by Gasteiger charge is 2.49. The first-order valence-corrected chi connectivity index (χ1v) is 10.2. The lowest BCUT2D eigenvalue weighted by Gasteiger charge is -2.43. The molecule has 0 aromatic heterocycles. The summed E-state index contributed by atoms with van der Waals surface area (Å²) in [5.41, 5.74) is 6.80. The molecule has 4 atom stereocenters. The van der Waals surface area contributed by atoms with Crippen LogP contribution in [0, 0.1) is 23.2 Å². The van der Waals surface area contributed by atoms with Crippen molar-refractivity contribution in [3.8, 4) is 0 Å². The fraction of sp³-hybridized carbons (Fsp3) is 0.680. The molecule has 25 heavy (non-hydrogen) atoms. The molecule has 3 saturated carbocycles. The van der Waals surface area contributed by atoms with Crippen molar-refractivity contribution in [1.82, 2.24) is 0 Å². The summed E-state index contributed by atoms with van der Waals surface area (Å²) in [6.45, 7) is 15.8. The maximum absolute atomic E-state index is 4.41.